The molecule has 0 atom stereocenters. The SMILES string of the molecule is CC(C)(C)C1=CN(c2cccc(C(C)(C)C)c2)[CH-]N1c1[c-]c(Oc2[c-]c3c(cc2)c2ccccc2n3-c2cc(C(C)(C)c3ccccc3)ccn2)ccc1.[Pt]. The van der Waals surface area contributed by atoms with Gasteiger partial charge >= 0.3 is 0 Å². The van der Waals surface area contributed by atoms with E-state index in [1.54, 1.807) is 0 Å². The van der Waals surface area contributed by atoms with Crippen LogP contribution in [0.4, 0.5) is 11.4 Å². The molecule has 0 saturated heterocycles. The van der Waals surface area contributed by atoms with Crippen molar-refractivity contribution in [3.63, 3.8) is 0 Å². The maximum atomic E-state index is 6.58. The summed E-state index contributed by atoms with van der Waals surface area (Å²) < 4.78 is 8.78. The molecular formula is C49H47N4OPt-3. The van der Waals surface area contributed by atoms with E-state index in [9.17, 15) is 0 Å². The standard InChI is InChI=1S/C49H47N4O.Pt/c1-47(2,3)35-18-14-19-37(28-35)51-32-45(48(4,5)6)52(33-51)38-20-15-21-39(30-38)54-40-24-25-42-41-22-12-13-23-43(41)53(44(42)31-40)46-29-36(26-27-50-46)49(7,8)34-16-10-9-11-17-34;/h9-29,32-33H,1-8H3;/q-3;. The Balaban J connectivity index is 0.00000465. The maximum Gasteiger partial charge on any atom is 0.135 e. The molecule has 1 aliphatic rings. The number of nitrogens with zero attached hydrogens (tertiary/aromatic N) is 4. The number of aromatic nitrogens is 2. The van der Waals surface area contributed by atoms with Gasteiger partial charge in [0.1, 0.15) is 5.82 Å². The van der Waals surface area contributed by atoms with E-state index in [0.29, 0.717) is 11.5 Å². The van der Waals surface area contributed by atoms with Crippen molar-refractivity contribution < 1.29 is 25.8 Å². The third kappa shape index (κ3) is 7.35. The molecule has 0 radical (unpaired) electrons. The quantitative estimate of drug-likeness (QED) is 0.149. The van der Waals surface area contributed by atoms with Gasteiger partial charge in [0.25, 0.3) is 0 Å². The zero-order chi connectivity index (χ0) is 37.8. The van der Waals surface area contributed by atoms with Gasteiger partial charge in [0.05, 0.1) is 0 Å². The smallest absolute Gasteiger partial charge is 0.135 e. The summed E-state index contributed by atoms with van der Waals surface area (Å²) in [5.74, 6) is 2.07. The van der Waals surface area contributed by atoms with Crippen molar-refractivity contribution in [2.45, 2.75) is 66.2 Å². The fourth-order valence-electron chi connectivity index (χ4n) is 7.31. The van der Waals surface area contributed by atoms with Crippen LogP contribution in [0.25, 0.3) is 27.6 Å². The molecule has 0 saturated carbocycles. The van der Waals surface area contributed by atoms with E-state index >= 15 is 0 Å². The third-order valence-electron chi connectivity index (χ3n) is 10.5. The number of benzene rings is 5. The van der Waals surface area contributed by atoms with Crippen LogP contribution in [0, 0.1) is 24.2 Å². The molecule has 2 aromatic heterocycles. The van der Waals surface area contributed by atoms with Crippen LogP contribution >= 0.6 is 0 Å². The Hall–Kier alpha value is -5.12. The van der Waals surface area contributed by atoms with Crippen molar-refractivity contribution in [2.75, 3.05) is 9.80 Å². The summed E-state index contributed by atoms with van der Waals surface area (Å²) in [5.41, 5.74) is 8.64. The van der Waals surface area contributed by atoms with E-state index < -0.39 is 0 Å². The summed E-state index contributed by atoms with van der Waals surface area (Å²) in [7, 11) is 0. The van der Waals surface area contributed by atoms with Crippen LogP contribution in [0.5, 0.6) is 11.5 Å². The predicted molar refractivity (Wildman–Crippen MR) is 223 cm³/mol. The van der Waals surface area contributed by atoms with Crippen molar-refractivity contribution in [2.24, 2.45) is 5.41 Å². The summed E-state index contributed by atoms with van der Waals surface area (Å²) in [6.45, 7) is 20.1. The zero-order valence-electron chi connectivity index (χ0n) is 32.8. The van der Waals surface area contributed by atoms with Gasteiger partial charge in [-0.15, -0.1) is 48.1 Å². The van der Waals surface area contributed by atoms with E-state index in [0.717, 1.165) is 39.0 Å². The number of allylic oxidation sites excluding steroid dienone is 1. The van der Waals surface area contributed by atoms with Crippen molar-refractivity contribution in [1.82, 2.24) is 9.55 Å². The second-order valence-electron chi connectivity index (χ2n) is 16.8. The number of anilines is 2. The summed E-state index contributed by atoms with van der Waals surface area (Å²) >= 11 is 0. The van der Waals surface area contributed by atoms with Crippen LogP contribution in [0.3, 0.4) is 0 Å². The van der Waals surface area contributed by atoms with E-state index in [2.05, 4.69) is 198 Å². The van der Waals surface area contributed by atoms with Gasteiger partial charge in [0.2, 0.25) is 0 Å². The molecule has 0 bridgehead atoms. The van der Waals surface area contributed by atoms with Gasteiger partial charge in [-0.3, -0.25) is 0 Å². The Morgan fingerprint density at radius 1 is 0.618 bits per heavy atom. The van der Waals surface area contributed by atoms with E-state index in [1.165, 1.54) is 22.4 Å². The first-order chi connectivity index (χ1) is 25.8. The average molecular weight is 903 g/mol. The van der Waals surface area contributed by atoms with Gasteiger partial charge in [-0.1, -0.05) is 122 Å². The van der Waals surface area contributed by atoms with Crippen LogP contribution in [0.2, 0.25) is 0 Å². The summed E-state index contributed by atoms with van der Waals surface area (Å²) in [6, 6.07) is 49.6. The van der Waals surface area contributed by atoms with Gasteiger partial charge in [-0.05, 0) is 64.0 Å². The zero-order valence-corrected chi connectivity index (χ0v) is 35.1. The summed E-state index contributed by atoms with van der Waals surface area (Å²) in [5, 5.41) is 2.23. The molecule has 0 fully saturated rings. The largest absolute Gasteiger partial charge is 0.509 e. The first kappa shape index (κ1) is 38.2. The fourth-order valence-corrected chi connectivity index (χ4v) is 7.31. The van der Waals surface area contributed by atoms with Gasteiger partial charge in [0.15, 0.2) is 0 Å². The van der Waals surface area contributed by atoms with Gasteiger partial charge in [0, 0.05) is 66.5 Å². The van der Waals surface area contributed by atoms with Crippen LogP contribution in [-0.2, 0) is 31.9 Å². The Morgan fingerprint density at radius 2 is 1.33 bits per heavy atom. The molecule has 6 heteroatoms. The van der Waals surface area contributed by atoms with E-state index in [4.69, 9.17) is 9.72 Å². The molecule has 5 nitrogen and oxygen atoms in total. The number of fused-ring (bicyclic) bond motifs is 3. The number of rotatable bonds is 7. The first-order valence-electron chi connectivity index (χ1n) is 18.7. The topological polar surface area (TPSA) is 33.5 Å². The Labute approximate surface area is 340 Å². The Kier molecular flexibility index (Phi) is 10.1. The minimum Gasteiger partial charge on any atom is -0.509 e. The van der Waals surface area contributed by atoms with Gasteiger partial charge < -0.3 is 19.1 Å². The average Bonchev–Trinajstić information content (AvgIpc) is 3.76. The molecule has 5 aromatic carbocycles. The van der Waals surface area contributed by atoms with Gasteiger partial charge in [-0.25, -0.2) is 4.98 Å². The van der Waals surface area contributed by atoms with Crippen LogP contribution in [-0.4, -0.2) is 9.55 Å². The molecule has 3 heterocycles. The van der Waals surface area contributed by atoms with Crippen molar-refractivity contribution >= 4 is 33.2 Å². The van der Waals surface area contributed by atoms with E-state index in [-0.39, 0.29) is 37.3 Å². The second kappa shape index (κ2) is 14.5. The summed E-state index contributed by atoms with van der Waals surface area (Å²) in [4.78, 5) is 9.34. The molecule has 282 valence electrons. The molecule has 0 amide bonds. The molecule has 7 aromatic rings. The monoisotopic (exact) mass is 902 g/mol. The van der Waals surface area contributed by atoms with Crippen LogP contribution in [0.1, 0.15) is 72.1 Å². The van der Waals surface area contributed by atoms with Crippen molar-refractivity contribution in [1.29, 1.82) is 0 Å². The number of ether oxygens (including phenoxy) is 1. The van der Waals surface area contributed by atoms with Crippen LogP contribution < -0.4 is 14.5 Å². The number of para-hydroxylation sites is 1. The molecule has 0 spiro atoms. The molecule has 0 N–H and O–H groups in total. The molecule has 8 rings (SSSR count). The Morgan fingerprint density at radius 3 is 2.09 bits per heavy atom. The van der Waals surface area contributed by atoms with E-state index in [1.807, 2.05) is 24.4 Å². The molecule has 0 aliphatic carbocycles. The number of hydrogen-bond donors (Lipinski definition) is 0. The van der Waals surface area contributed by atoms with Crippen molar-refractivity contribution in [3.8, 4) is 17.3 Å². The fraction of sp³-hybridized carbons (Fsp3) is 0.224. The second-order valence-corrected chi connectivity index (χ2v) is 16.8. The third-order valence-corrected chi connectivity index (χ3v) is 10.5. The number of pyridine rings is 1. The molecule has 0 unspecified atom stereocenters. The molecule has 55 heavy (non-hydrogen) atoms. The minimum absolute atomic E-state index is 0. The normalized spacial score (nSPS) is 13.6. The van der Waals surface area contributed by atoms with Crippen LogP contribution in [0.15, 0.2) is 139 Å². The van der Waals surface area contributed by atoms with Gasteiger partial charge in [-0.2, -0.15) is 12.1 Å². The molecule has 1 aliphatic heterocycles. The minimum atomic E-state index is -0.209. The molecular weight excluding hydrogens is 856 g/mol. The Bertz CT molecular complexity index is 2520. The summed E-state index contributed by atoms with van der Waals surface area (Å²) in [6.07, 6.45) is 4.14. The first-order valence-corrected chi connectivity index (χ1v) is 18.7. The predicted octanol–water partition coefficient (Wildman–Crippen LogP) is 12.5. The number of hydrogen-bond acceptors (Lipinski definition) is 4. The maximum absolute atomic E-state index is 6.58. The van der Waals surface area contributed by atoms with Crippen molar-refractivity contribution in [3.05, 3.63) is 175 Å².